The Morgan fingerprint density at radius 3 is 2.44 bits per heavy atom. The van der Waals surface area contributed by atoms with Gasteiger partial charge in [-0.25, -0.2) is 9.18 Å². The molecule has 0 saturated heterocycles. The zero-order chi connectivity index (χ0) is 13.9. The van der Waals surface area contributed by atoms with Crippen molar-refractivity contribution >= 4 is 11.9 Å². The van der Waals surface area contributed by atoms with Crippen LogP contribution >= 0.6 is 0 Å². The molecule has 6 nitrogen and oxygen atoms in total. The van der Waals surface area contributed by atoms with Gasteiger partial charge in [-0.2, -0.15) is 0 Å². The van der Waals surface area contributed by atoms with Gasteiger partial charge in [0, 0.05) is 6.07 Å². The molecule has 0 spiro atoms. The van der Waals surface area contributed by atoms with E-state index in [9.17, 15) is 24.2 Å². The van der Waals surface area contributed by atoms with Crippen molar-refractivity contribution in [3.8, 4) is 5.75 Å². The number of carboxylic acid groups (broad SMARTS) is 1. The Hall–Kier alpha value is -2.15. The van der Waals surface area contributed by atoms with Crippen molar-refractivity contribution < 1.29 is 29.3 Å². The van der Waals surface area contributed by atoms with E-state index in [-0.39, 0.29) is 5.56 Å². The van der Waals surface area contributed by atoms with E-state index in [1.165, 1.54) is 6.92 Å². The number of rotatable bonds is 4. The summed E-state index contributed by atoms with van der Waals surface area (Å²) in [5, 5.41) is 29.3. The quantitative estimate of drug-likeness (QED) is 0.611. The maximum atomic E-state index is 12.7. The Morgan fingerprint density at radius 1 is 1.39 bits per heavy atom. The Balaban J connectivity index is 2.91. The van der Waals surface area contributed by atoms with Crippen LogP contribution in [0.2, 0.25) is 0 Å². The third-order valence-corrected chi connectivity index (χ3v) is 2.24. The van der Waals surface area contributed by atoms with Crippen molar-refractivity contribution in [3.05, 3.63) is 29.6 Å². The normalized spacial score (nSPS) is 13.7. The number of amides is 1. The molecule has 1 aromatic rings. The Labute approximate surface area is 102 Å². The topological polar surface area (TPSA) is 107 Å². The lowest BCUT2D eigenvalue weighted by Gasteiger charge is -2.17. The van der Waals surface area contributed by atoms with Gasteiger partial charge in [-0.1, -0.05) is 0 Å². The highest BCUT2D eigenvalue weighted by molar-refractivity contribution is 5.98. The molecule has 0 saturated carbocycles. The lowest BCUT2D eigenvalue weighted by molar-refractivity contribution is -0.141. The molecule has 0 unspecified atom stereocenters. The predicted molar refractivity (Wildman–Crippen MR) is 58.6 cm³/mol. The molecule has 0 fully saturated rings. The van der Waals surface area contributed by atoms with Crippen LogP contribution in [0.5, 0.6) is 5.75 Å². The van der Waals surface area contributed by atoms with E-state index in [4.69, 9.17) is 5.11 Å². The molecule has 0 aromatic heterocycles. The Morgan fingerprint density at radius 2 is 2.00 bits per heavy atom. The SMILES string of the molecule is C[C@@H](O)[C@H](NC(=O)c1ccc(F)cc1O)C(=O)O. The summed E-state index contributed by atoms with van der Waals surface area (Å²) in [6.07, 6.45) is -1.31. The van der Waals surface area contributed by atoms with Crippen LogP contribution in [0.25, 0.3) is 0 Å². The molecule has 0 aliphatic heterocycles. The number of aromatic hydroxyl groups is 1. The molecule has 0 radical (unpaired) electrons. The molecule has 98 valence electrons. The second-order valence-corrected chi connectivity index (χ2v) is 3.69. The van der Waals surface area contributed by atoms with E-state index in [1.54, 1.807) is 0 Å². The van der Waals surface area contributed by atoms with Crippen molar-refractivity contribution in [2.45, 2.75) is 19.1 Å². The summed E-state index contributed by atoms with van der Waals surface area (Å²) < 4.78 is 12.7. The van der Waals surface area contributed by atoms with E-state index in [2.05, 4.69) is 0 Å². The van der Waals surface area contributed by atoms with E-state index in [0.717, 1.165) is 18.2 Å². The number of carbonyl (C=O) groups is 2. The smallest absolute Gasteiger partial charge is 0.328 e. The zero-order valence-electron chi connectivity index (χ0n) is 9.42. The number of phenolic OH excluding ortho intramolecular Hbond substituents is 1. The molecule has 4 N–H and O–H groups in total. The van der Waals surface area contributed by atoms with Gasteiger partial charge in [-0.3, -0.25) is 4.79 Å². The van der Waals surface area contributed by atoms with Gasteiger partial charge < -0.3 is 20.6 Å². The molecule has 0 heterocycles. The summed E-state index contributed by atoms with van der Waals surface area (Å²) in [4.78, 5) is 22.4. The molecule has 7 heteroatoms. The van der Waals surface area contributed by atoms with Gasteiger partial charge in [0.25, 0.3) is 5.91 Å². The number of benzene rings is 1. The number of nitrogens with one attached hydrogen (secondary N) is 1. The van der Waals surface area contributed by atoms with Crippen molar-refractivity contribution in [2.75, 3.05) is 0 Å². The summed E-state index contributed by atoms with van der Waals surface area (Å²) in [6, 6.07) is 1.18. The molecule has 1 amide bonds. The van der Waals surface area contributed by atoms with E-state index >= 15 is 0 Å². The first-order valence-corrected chi connectivity index (χ1v) is 5.03. The maximum Gasteiger partial charge on any atom is 0.328 e. The number of carboxylic acids is 1. The molecule has 1 aromatic carbocycles. The van der Waals surface area contributed by atoms with Crippen LogP contribution < -0.4 is 5.32 Å². The van der Waals surface area contributed by atoms with Gasteiger partial charge in [-0.15, -0.1) is 0 Å². The minimum absolute atomic E-state index is 0.275. The molecule has 0 bridgehead atoms. The number of halogens is 1. The highest BCUT2D eigenvalue weighted by Crippen LogP contribution is 2.18. The van der Waals surface area contributed by atoms with Gasteiger partial charge in [0.1, 0.15) is 11.6 Å². The van der Waals surface area contributed by atoms with Gasteiger partial charge in [-0.05, 0) is 19.1 Å². The average molecular weight is 257 g/mol. The number of aliphatic hydroxyl groups is 1. The zero-order valence-corrected chi connectivity index (χ0v) is 9.42. The van der Waals surface area contributed by atoms with Crippen LogP contribution in [-0.2, 0) is 4.79 Å². The lowest BCUT2D eigenvalue weighted by Crippen LogP contribution is -2.47. The summed E-state index contributed by atoms with van der Waals surface area (Å²) in [5.41, 5.74) is -0.275. The van der Waals surface area contributed by atoms with E-state index < -0.39 is 35.6 Å². The molecule has 2 atom stereocenters. The number of aliphatic hydroxyl groups excluding tert-OH is 1. The van der Waals surface area contributed by atoms with Crippen LogP contribution in [-0.4, -0.2) is 39.3 Å². The third kappa shape index (κ3) is 3.17. The monoisotopic (exact) mass is 257 g/mol. The summed E-state index contributed by atoms with van der Waals surface area (Å²) in [5.74, 6) is -3.67. The number of hydrogen-bond donors (Lipinski definition) is 4. The second kappa shape index (κ2) is 5.46. The van der Waals surface area contributed by atoms with Crippen molar-refractivity contribution in [1.29, 1.82) is 0 Å². The lowest BCUT2D eigenvalue weighted by atomic mass is 10.1. The summed E-state index contributed by atoms with van der Waals surface area (Å²) in [7, 11) is 0. The number of hydrogen-bond acceptors (Lipinski definition) is 4. The molecular weight excluding hydrogens is 245 g/mol. The van der Waals surface area contributed by atoms with Crippen LogP contribution in [0, 0.1) is 5.82 Å². The number of carbonyl (C=O) groups excluding carboxylic acids is 1. The first-order valence-electron chi connectivity index (χ1n) is 5.03. The molecule has 0 aliphatic rings. The number of aliphatic carboxylic acids is 1. The first-order chi connectivity index (χ1) is 8.32. The Kier molecular flexibility index (Phi) is 4.22. The fourth-order valence-electron chi connectivity index (χ4n) is 1.30. The third-order valence-electron chi connectivity index (χ3n) is 2.24. The maximum absolute atomic E-state index is 12.7. The minimum Gasteiger partial charge on any atom is -0.507 e. The fourth-order valence-corrected chi connectivity index (χ4v) is 1.30. The Bertz CT molecular complexity index is 475. The molecule has 18 heavy (non-hydrogen) atoms. The van der Waals surface area contributed by atoms with Gasteiger partial charge >= 0.3 is 5.97 Å². The van der Waals surface area contributed by atoms with E-state index in [0.29, 0.717) is 0 Å². The standard InChI is InChI=1S/C11H12FNO5/c1-5(14)9(11(17)18)13-10(16)7-3-2-6(12)4-8(7)15/h2-5,9,14-15H,1H3,(H,13,16)(H,17,18)/t5-,9+/m1/s1. The van der Waals surface area contributed by atoms with Gasteiger partial charge in [0.15, 0.2) is 6.04 Å². The largest absolute Gasteiger partial charge is 0.507 e. The number of phenols is 1. The minimum atomic E-state index is -1.51. The van der Waals surface area contributed by atoms with Crippen molar-refractivity contribution in [1.82, 2.24) is 5.32 Å². The average Bonchev–Trinajstić information content (AvgIpc) is 2.24. The molecule has 1 rings (SSSR count). The summed E-state index contributed by atoms with van der Waals surface area (Å²) in [6.45, 7) is 1.20. The van der Waals surface area contributed by atoms with Crippen LogP contribution in [0.4, 0.5) is 4.39 Å². The highest BCUT2D eigenvalue weighted by Gasteiger charge is 2.26. The van der Waals surface area contributed by atoms with Crippen molar-refractivity contribution in [3.63, 3.8) is 0 Å². The molecular formula is C11H12FNO5. The van der Waals surface area contributed by atoms with Gasteiger partial charge in [0.2, 0.25) is 0 Å². The van der Waals surface area contributed by atoms with Crippen LogP contribution in [0.15, 0.2) is 18.2 Å². The first kappa shape index (κ1) is 13.9. The van der Waals surface area contributed by atoms with Gasteiger partial charge in [0.05, 0.1) is 11.7 Å². The summed E-state index contributed by atoms with van der Waals surface area (Å²) >= 11 is 0. The van der Waals surface area contributed by atoms with E-state index in [1.807, 2.05) is 5.32 Å². The predicted octanol–water partition coefficient (Wildman–Crippen LogP) is 0.0951. The van der Waals surface area contributed by atoms with Crippen molar-refractivity contribution in [2.24, 2.45) is 0 Å². The van der Waals surface area contributed by atoms with Crippen LogP contribution in [0.3, 0.4) is 0 Å². The molecule has 0 aliphatic carbocycles. The van der Waals surface area contributed by atoms with Crippen LogP contribution in [0.1, 0.15) is 17.3 Å². The fraction of sp³-hybridized carbons (Fsp3) is 0.273. The second-order valence-electron chi connectivity index (χ2n) is 3.69. The highest BCUT2D eigenvalue weighted by atomic mass is 19.1.